The first-order valence-electron chi connectivity index (χ1n) is 6.94. The van der Waals surface area contributed by atoms with Crippen LogP contribution in [0.5, 0.6) is 0 Å². The molecule has 0 aromatic heterocycles. The van der Waals surface area contributed by atoms with Crippen molar-refractivity contribution in [2.24, 2.45) is 11.8 Å². The van der Waals surface area contributed by atoms with E-state index in [9.17, 15) is 15.2 Å². The van der Waals surface area contributed by atoms with Gasteiger partial charge in [0.1, 0.15) is 11.7 Å². The molecule has 5 heteroatoms. The third kappa shape index (κ3) is 1.77. The van der Waals surface area contributed by atoms with Gasteiger partial charge in [0.2, 0.25) is 0 Å². The maximum absolute atomic E-state index is 11.7. The predicted octanol–water partition coefficient (Wildman–Crippen LogP) is 1.82. The molecule has 3 aliphatic rings. The van der Waals surface area contributed by atoms with Crippen molar-refractivity contribution in [2.75, 3.05) is 0 Å². The molecule has 1 heterocycles. The smallest absolute Gasteiger partial charge is 0.334 e. The lowest BCUT2D eigenvalue weighted by atomic mass is 9.78. The number of rotatable bonds is 1. The zero-order valence-electron chi connectivity index (χ0n) is 11.8. The molecule has 2 aliphatic carbocycles. The van der Waals surface area contributed by atoms with Gasteiger partial charge in [0.15, 0.2) is 0 Å². The van der Waals surface area contributed by atoms with Gasteiger partial charge in [-0.15, -0.1) is 0 Å². The molecule has 5 nitrogen and oxygen atoms in total. The summed E-state index contributed by atoms with van der Waals surface area (Å²) in [5.41, 5.74) is -0.478. The minimum Gasteiger partial charge on any atom is -0.458 e. The highest BCUT2D eigenvalue weighted by Gasteiger charge is 2.55. The highest BCUT2D eigenvalue weighted by molar-refractivity contribution is 5.90. The molecule has 0 amide bonds. The number of fused-ring (bicyclic) bond motifs is 2. The van der Waals surface area contributed by atoms with Gasteiger partial charge in [-0.25, -0.2) is 9.68 Å². The second-order valence-electron chi connectivity index (χ2n) is 6.61. The van der Waals surface area contributed by atoms with E-state index in [2.05, 4.69) is 6.58 Å². The average molecular weight is 280 g/mol. The van der Waals surface area contributed by atoms with Crippen molar-refractivity contribution >= 4 is 5.97 Å². The van der Waals surface area contributed by atoms with E-state index < -0.39 is 11.2 Å². The molecule has 5 unspecified atom stereocenters. The minimum atomic E-state index is -0.935. The number of aliphatic hydroxyl groups is 1. The normalized spacial score (nSPS) is 47.4. The van der Waals surface area contributed by atoms with Gasteiger partial charge in [0, 0.05) is 23.8 Å². The fraction of sp³-hybridized carbons (Fsp3) is 0.667. The summed E-state index contributed by atoms with van der Waals surface area (Å²) in [5.74, 6) is -0.677. The van der Waals surface area contributed by atoms with Crippen molar-refractivity contribution in [3.05, 3.63) is 23.8 Å². The summed E-state index contributed by atoms with van der Waals surface area (Å²) in [7, 11) is 0. The summed E-state index contributed by atoms with van der Waals surface area (Å²) < 4.78 is 5.35. The third-order valence-electron chi connectivity index (χ3n) is 5.17. The largest absolute Gasteiger partial charge is 0.458 e. The van der Waals surface area contributed by atoms with Gasteiger partial charge in [-0.2, -0.15) is 0 Å². The monoisotopic (exact) mass is 280 g/mol. The zero-order valence-corrected chi connectivity index (χ0v) is 11.8. The molecular formula is C15H20O5. The molecule has 2 fully saturated rings. The van der Waals surface area contributed by atoms with Crippen LogP contribution in [-0.2, 0) is 14.4 Å². The van der Waals surface area contributed by atoms with Crippen LogP contribution in [0.2, 0.25) is 0 Å². The third-order valence-corrected chi connectivity index (χ3v) is 5.17. The van der Waals surface area contributed by atoms with E-state index in [0.29, 0.717) is 24.8 Å². The van der Waals surface area contributed by atoms with E-state index in [0.717, 1.165) is 5.57 Å². The van der Waals surface area contributed by atoms with Gasteiger partial charge >= 0.3 is 5.97 Å². The van der Waals surface area contributed by atoms with Crippen molar-refractivity contribution in [1.29, 1.82) is 0 Å². The van der Waals surface area contributed by atoms with Crippen LogP contribution in [-0.4, -0.2) is 33.6 Å². The number of esters is 1. The Morgan fingerprint density at radius 3 is 2.85 bits per heavy atom. The van der Waals surface area contributed by atoms with E-state index in [1.807, 2.05) is 6.08 Å². The molecule has 0 aromatic rings. The van der Waals surface area contributed by atoms with Gasteiger partial charge in [0.05, 0.1) is 5.60 Å². The van der Waals surface area contributed by atoms with Crippen LogP contribution in [0.15, 0.2) is 23.8 Å². The summed E-state index contributed by atoms with van der Waals surface area (Å²) in [4.78, 5) is 16.4. The fourth-order valence-electron chi connectivity index (χ4n) is 3.90. The first-order valence-corrected chi connectivity index (χ1v) is 6.94. The molecule has 1 aliphatic heterocycles. The van der Waals surface area contributed by atoms with Crippen molar-refractivity contribution in [1.82, 2.24) is 0 Å². The van der Waals surface area contributed by atoms with Gasteiger partial charge < -0.3 is 9.84 Å². The molecule has 0 radical (unpaired) electrons. The Kier molecular flexibility index (Phi) is 2.87. The van der Waals surface area contributed by atoms with Crippen LogP contribution in [0.25, 0.3) is 0 Å². The number of ether oxygens (including phenoxy) is 1. The van der Waals surface area contributed by atoms with E-state index >= 15 is 0 Å². The molecule has 3 rings (SSSR count). The van der Waals surface area contributed by atoms with E-state index in [-0.39, 0.29) is 23.9 Å². The second kappa shape index (κ2) is 4.16. The highest BCUT2D eigenvalue weighted by Crippen LogP contribution is 2.52. The fourth-order valence-corrected chi connectivity index (χ4v) is 3.90. The Hall–Kier alpha value is -1.17. The van der Waals surface area contributed by atoms with Gasteiger partial charge in [-0.1, -0.05) is 12.7 Å². The summed E-state index contributed by atoms with van der Waals surface area (Å²) in [6.45, 7) is 7.36. The summed E-state index contributed by atoms with van der Waals surface area (Å²) in [5, 5.41) is 19.9. The number of hydrogen-bond acceptors (Lipinski definition) is 5. The van der Waals surface area contributed by atoms with Crippen LogP contribution in [0, 0.1) is 11.8 Å². The average Bonchev–Trinajstić information content (AvgIpc) is 2.76. The Bertz CT molecular complexity index is 506. The molecule has 0 aromatic carbocycles. The Labute approximate surface area is 117 Å². The number of hydrogen-bond donors (Lipinski definition) is 2. The van der Waals surface area contributed by atoms with Crippen molar-refractivity contribution in [3.8, 4) is 0 Å². The topological polar surface area (TPSA) is 76.0 Å². The standard InChI is InChI=1S/C15H20O5/c1-8-9-6-11-10(4-5-14(11,2)17)15(3,20-18)7-12(9)19-13(8)16/h4,9,11-12,17-18H,1,5-7H2,2-3H3. The van der Waals surface area contributed by atoms with E-state index in [4.69, 9.17) is 9.62 Å². The van der Waals surface area contributed by atoms with Crippen LogP contribution >= 0.6 is 0 Å². The Morgan fingerprint density at radius 2 is 2.20 bits per heavy atom. The molecular weight excluding hydrogens is 260 g/mol. The quantitative estimate of drug-likeness (QED) is 0.252. The first-order chi connectivity index (χ1) is 9.28. The van der Waals surface area contributed by atoms with Gasteiger partial charge in [0.25, 0.3) is 0 Å². The number of carbonyl (C=O) groups excluding carboxylic acids is 1. The molecule has 2 N–H and O–H groups in total. The second-order valence-corrected chi connectivity index (χ2v) is 6.61. The molecule has 0 bridgehead atoms. The lowest BCUT2D eigenvalue weighted by Gasteiger charge is -2.34. The van der Waals surface area contributed by atoms with Crippen LogP contribution in [0.4, 0.5) is 0 Å². The minimum absolute atomic E-state index is 0.127. The maximum Gasteiger partial charge on any atom is 0.334 e. The van der Waals surface area contributed by atoms with Crippen LogP contribution < -0.4 is 0 Å². The zero-order chi connectivity index (χ0) is 14.7. The maximum atomic E-state index is 11.7. The number of carbonyl (C=O) groups is 1. The first kappa shape index (κ1) is 13.8. The van der Waals surface area contributed by atoms with Crippen molar-refractivity contribution < 1.29 is 24.8 Å². The van der Waals surface area contributed by atoms with E-state index in [1.54, 1.807) is 13.8 Å². The lowest BCUT2D eigenvalue weighted by Crippen LogP contribution is -2.39. The molecule has 20 heavy (non-hydrogen) atoms. The Balaban J connectivity index is 2.03. The summed E-state index contributed by atoms with van der Waals surface area (Å²) in [6, 6.07) is 0. The van der Waals surface area contributed by atoms with Crippen molar-refractivity contribution in [3.63, 3.8) is 0 Å². The van der Waals surface area contributed by atoms with Crippen LogP contribution in [0.1, 0.15) is 33.1 Å². The van der Waals surface area contributed by atoms with E-state index in [1.165, 1.54) is 0 Å². The summed E-state index contributed by atoms with van der Waals surface area (Å²) in [6.07, 6.45) is 3.07. The van der Waals surface area contributed by atoms with Gasteiger partial charge in [-0.05, 0) is 32.3 Å². The molecule has 110 valence electrons. The molecule has 0 spiro atoms. The van der Waals surface area contributed by atoms with Crippen molar-refractivity contribution in [2.45, 2.75) is 50.4 Å². The Morgan fingerprint density at radius 1 is 1.50 bits per heavy atom. The molecule has 1 saturated heterocycles. The SMILES string of the molecule is C=C1C(=O)OC2CC(C)(OO)C3=CCC(C)(O)C3CC12. The highest BCUT2D eigenvalue weighted by atomic mass is 17.1. The molecule has 1 saturated carbocycles. The van der Waals surface area contributed by atoms with Crippen LogP contribution in [0.3, 0.4) is 0 Å². The predicted molar refractivity (Wildman–Crippen MR) is 70.7 cm³/mol. The lowest BCUT2D eigenvalue weighted by molar-refractivity contribution is -0.312. The molecule has 5 atom stereocenters. The van der Waals surface area contributed by atoms with Gasteiger partial charge in [-0.3, -0.25) is 5.26 Å². The summed E-state index contributed by atoms with van der Waals surface area (Å²) >= 11 is 0.